The number of aryl methyl sites for hydroxylation is 1. The van der Waals surface area contributed by atoms with E-state index in [1.54, 1.807) is 18.3 Å². The third kappa shape index (κ3) is 3.21. The van der Waals surface area contributed by atoms with E-state index in [1.165, 1.54) is 11.1 Å². The van der Waals surface area contributed by atoms with Crippen molar-refractivity contribution in [2.24, 2.45) is 0 Å². The predicted octanol–water partition coefficient (Wildman–Crippen LogP) is 2.47. The van der Waals surface area contributed by atoms with Gasteiger partial charge in [-0.2, -0.15) is 5.26 Å². The molecule has 2 aromatic rings. The van der Waals surface area contributed by atoms with Crippen LogP contribution in [-0.4, -0.2) is 42.1 Å². The summed E-state index contributed by atoms with van der Waals surface area (Å²) in [6.07, 6.45) is 3.65. The summed E-state index contributed by atoms with van der Waals surface area (Å²) < 4.78 is 0. The molecule has 0 unspecified atom stereocenters. The number of pyridine rings is 1. The first-order chi connectivity index (χ1) is 12.7. The van der Waals surface area contributed by atoms with Gasteiger partial charge in [-0.05, 0) is 36.1 Å². The predicted molar refractivity (Wildman–Crippen MR) is 98.8 cm³/mol. The van der Waals surface area contributed by atoms with Gasteiger partial charge in [0.25, 0.3) is 0 Å². The van der Waals surface area contributed by atoms with Gasteiger partial charge in [-0.15, -0.1) is 0 Å². The zero-order chi connectivity index (χ0) is 17.9. The summed E-state index contributed by atoms with van der Waals surface area (Å²) in [5, 5.41) is 12.2. The van der Waals surface area contributed by atoms with Crippen molar-refractivity contribution in [3.8, 4) is 6.07 Å². The van der Waals surface area contributed by atoms with Crippen LogP contribution in [0.25, 0.3) is 0 Å². The maximum atomic E-state index is 12.6. The first-order valence-corrected chi connectivity index (χ1v) is 8.99. The number of anilines is 1. The van der Waals surface area contributed by atoms with Crippen LogP contribution in [0, 0.1) is 11.3 Å². The van der Waals surface area contributed by atoms with Crippen LogP contribution in [0.4, 0.5) is 10.6 Å². The highest BCUT2D eigenvalue weighted by atomic mass is 16.2. The van der Waals surface area contributed by atoms with Crippen molar-refractivity contribution in [1.29, 1.82) is 5.26 Å². The summed E-state index contributed by atoms with van der Waals surface area (Å²) in [6.45, 7) is 2.74. The first-order valence-electron chi connectivity index (χ1n) is 8.99. The quantitative estimate of drug-likeness (QED) is 0.906. The normalized spacial score (nSPS) is 19.0. The summed E-state index contributed by atoms with van der Waals surface area (Å²) >= 11 is 0. The van der Waals surface area contributed by atoms with Gasteiger partial charge in [-0.3, -0.25) is 0 Å². The minimum Gasteiger partial charge on any atom is -0.353 e. The molecule has 1 atom stereocenters. The molecule has 0 bridgehead atoms. The third-order valence-corrected chi connectivity index (χ3v) is 5.20. The number of benzene rings is 1. The Hall–Kier alpha value is -3.07. The molecule has 1 N–H and O–H groups in total. The van der Waals surface area contributed by atoms with E-state index in [2.05, 4.69) is 39.5 Å². The van der Waals surface area contributed by atoms with Crippen LogP contribution in [0.5, 0.6) is 0 Å². The average Bonchev–Trinajstić information content (AvgIpc) is 3.11. The molecule has 1 aromatic heterocycles. The highest BCUT2D eigenvalue weighted by molar-refractivity contribution is 5.75. The molecule has 1 aromatic carbocycles. The lowest BCUT2D eigenvalue weighted by atomic mass is 10.1. The fraction of sp³-hybridized carbons (Fsp3) is 0.350. The highest BCUT2D eigenvalue weighted by Gasteiger charge is 2.27. The third-order valence-electron chi connectivity index (χ3n) is 5.20. The Morgan fingerprint density at radius 2 is 2.00 bits per heavy atom. The molecule has 26 heavy (non-hydrogen) atoms. The molecule has 2 heterocycles. The fourth-order valence-electron chi connectivity index (χ4n) is 3.75. The number of fused-ring (bicyclic) bond motifs is 1. The van der Waals surface area contributed by atoms with E-state index in [9.17, 15) is 4.79 Å². The zero-order valence-corrected chi connectivity index (χ0v) is 14.6. The second-order valence-electron chi connectivity index (χ2n) is 6.73. The average molecular weight is 347 g/mol. The number of nitriles is 1. The van der Waals surface area contributed by atoms with E-state index in [1.807, 2.05) is 11.0 Å². The molecule has 1 saturated heterocycles. The second-order valence-corrected chi connectivity index (χ2v) is 6.73. The van der Waals surface area contributed by atoms with Crippen LogP contribution < -0.4 is 10.2 Å². The van der Waals surface area contributed by atoms with Crippen molar-refractivity contribution < 1.29 is 4.79 Å². The number of carbonyl (C=O) groups excluding carboxylic acids is 1. The van der Waals surface area contributed by atoms with Gasteiger partial charge in [0.2, 0.25) is 0 Å². The number of hydrogen-bond donors (Lipinski definition) is 1. The van der Waals surface area contributed by atoms with Gasteiger partial charge in [0.1, 0.15) is 5.82 Å². The molecule has 1 aliphatic carbocycles. The van der Waals surface area contributed by atoms with Crippen molar-refractivity contribution in [2.75, 3.05) is 31.1 Å². The molecule has 1 aliphatic heterocycles. The van der Waals surface area contributed by atoms with E-state index in [0.29, 0.717) is 18.7 Å². The van der Waals surface area contributed by atoms with Crippen LogP contribution in [0.3, 0.4) is 0 Å². The largest absolute Gasteiger partial charge is 0.353 e. The summed E-state index contributed by atoms with van der Waals surface area (Å²) in [5.41, 5.74) is 3.19. The smallest absolute Gasteiger partial charge is 0.318 e. The molecular formula is C20H21N5O. The molecule has 1 fully saturated rings. The molecule has 2 amide bonds. The van der Waals surface area contributed by atoms with E-state index >= 15 is 0 Å². The van der Waals surface area contributed by atoms with E-state index in [4.69, 9.17) is 5.26 Å². The molecule has 2 aliphatic rings. The van der Waals surface area contributed by atoms with Gasteiger partial charge in [0.05, 0.1) is 17.7 Å². The topological polar surface area (TPSA) is 72.3 Å². The number of hydrogen-bond acceptors (Lipinski definition) is 4. The van der Waals surface area contributed by atoms with Crippen molar-refractivity contribution in [1.82, 2.24) is 15.2 Å². The van der Waals surface area contributed by atoms with Gasteiger partial charge in [0, 0.05) is 32.4 Å². The maximum absolute atomic E-state index is 12.6. The molecule has 0 spiro atoms. The SMILES string of the molecule is N#Cc1ccnc(N2CCN(C(=O)N[C@@H]3CCc4ccccc43)CC2)c1. The second kappa shape index (κ2) is 7.04. The zero-order valence-electron chi connectivity index (χ0n) is 14.6. The summed E-state index contributed by atoms with van der Waals surface area (Å²) in [4.78, 5) is 21.0. The van der Waals surface area contributed by atoms with Gasteiger partial charge in [0.15, 0.2) is 0 Å². The van der Waals surface area contributed by atoms with Gasteiger partial charge in [-0.1, -0.05) is 24.3 Å². The number of nitrogens with one attached hydrogen (secondary N) is 1. The number of urea groups is 1. The van der Waals surface area contributed by atoms with E-state index in [0.717, 1.165) is 31.7 Å². The number of amides is 2. The summed E-state index contributed by atoms with van der Waals surface area (Å²) in [6, 6.07) is 14.1. The number of aromatic nitrogens is 1. The number of carbonyl (C=O) groups is 1. The van der Waals surface area contributed by atoms with Gasteiger partial charge in [-0.25, -0.2) is 9.78 Å². The minimum atomic E-state index is 0.00471. The Bertz CT molecular complexity index is 851. The Balaban J connectivity index is 1.35. The number of nitrogens with zero attached hydrogens (tertiary/aromatic N) is 4. The van der Waals surface area contributed by atoms with Crippen LogP contribution >= 0.6 is 0 Å². The van der Waals surface area contributed by atoms with E-state index < -0.39 is 0 Å². The first kappa shape index (κ1) is 16.4. The van der Waals surface area contributed by atoms with Crippen LogP contribution in [0.15, 0.2) is 42.6 Å². The lowest BCUT2D eigenvalue weighted by Gasteiger charge is -2.36. The molecule has 0 radical (unpaired) electrons. The summed E-state index contributed by atoms with van der Waals surface area (Å²) in [5.74, 6) is 0.800. The van der Waals surface area contributed by atoms with Gasteiger partial charge < -0.3 is 15.1 Å². The Labute approximate surface area is 153 Å². The molecular weight excluding hydrogens is 326 g/mol. The van der Waals surface area contributed by atoms with Crippen LogP contribution in [0.1, 0.15) is 29.2 Å². The highest BCUT2D eigenvalue weighted by Crippen LogP contribution is 2.30. The van der Waals surface area contributed by atoms with Crippen LogP contribution in [-0.2, 0) is 6.42 Å². The van der Waals surface area contributed by atoms with E-state index in [-0.39, 0.29) is 12.1 Å². The van der Waals surface area contributed by atoms with Crippen LogP contribution in [0.2, 0.25) is 0 Å². The molecule has 6 nitrogen and oxygen atoms in total. The van der Waals surface area contributed by atoms with Crippen molar-refractivity contribution in [3.63, 3.8) is 0 Å². The lowest BCUT2D eigenvalue weighted by Crippen LogP contribution is -2.52. The number of rotatable bonds is 2. The maximum Gasteiger partial charge on any atom is 0.318 e. The molecule has 132 valence electrons. The molecule has 0 saturated carbocycles. The minimum absolute atomic E-state index is 0.00471. The Morgan fingerprint density at radius 1 is 1.19 bits per heavy atom. The van der Waals surface area contributed by atoms with Crippen molar-refractivity contribution >= 4 is 11.8 Å². The summed E-state index contributed by atoms with van der Waals surface area (Å²) in [7, 11) is 0. The molecule has 4 rings (SSSR count). The fourth-order valence-corrected chi connectivity index (χ4v) is 3.75. The lowest BCUT2D eigenvalue weighted by molar-refractivity contribution is 0.190. The standard InChI is InChI=1S/C20H21N5O/c21-14-15-7-8-22-19(13-15)24-9-11-25(12-10-24)20(26)23-18-6-5-16-3-1-2-4-17(16)18/h1-4,7-8,13,18H,5-6,9-12H2,(H,23,26)/t18-/m1/s1. The van der Waals surface area contributed by atoms with Crippen molar-refractivity contribution in [2.45, 2.75) is 18.9 Å². The Morgan fingerprint density at radius 3 is 2.81 bits per heavy atom. The number of piperazine rings is 1. The Kier molecular flexibility index (Phi) is 4.44. The van der Waals surface area contributed by atoms with Gasteiger partial charge >= 0.3 is 6.03 Å². The monoisotopic (exact) mass is 347 g/mol. The van der Waals surface area contributed by atoms with Crippen molar-refractivity contribution in [3.05, 3.63) is 59.3 Å². The molecule has 6 heteroatoms.